The first-order chi connectivity index (χ1) is 9.67. The number of rotatable bonds is 4. The highest BCUT2D eigenvalue weighted by Crippen LogP contribution is 2.31. The monoisotopic (exact) mass is 269 g/mol. The van der Waals surface area contributed by atoms with Gasteiger partial charge in [0.25, 0.3) is 0 Å². The van der Waals surface area contributed by atoms with Crippen LogP contribution in [0.3, 0.4) is 0 Å². The third kappa shape index (κ3) is 2.66. The molecule has 2 heteroatoms. The van der Waals surface area contributed by atoms with Crippen LogP contribution in [0.2, 0.25) is 0 Å². The second-order valence-corrected chi connectivity index (χ2v) is 6.37. The average molecular weight is 269 g/mol. The van der Waals surface area contributed by atoms with Crippen LogP contribution in [0.15, 0.2) is 47.1 Å². The van der Waals surface area contributed by atoms with Gasteiger partial charge in [0.2, 0.25) is 0 Å². The van der Waals surface area contributed by atoms with Gasteiger partial charge in [-0.15, -0.1) is 0 Å². The fraction of sp³-hybridized carbons (Fsp3) is 0.444. The van der Waals surface area contributed by atoms with Crippen LogP contribution in [0.5, 0.6) is 0 Å². The lowest BCUT2D eigenvalue weighted by Gasteiger charge is -2.30. The highest BCUT2D eigenvalue weighted by molar-refractivity contribution is 5.26. The molecule has 106 valence electrons. The van der Waals surface area contributed by atoms with E-state index in [4.69, 9.17) is 4.42 Å². The second-order valence-electron chi connectivity index (χ2n) is 6.37. The minimum absolute atomic E-state index is 0.141. The summed E-state index contributed by atoms with van der Waals surface area (Å²) in [7, 11) is 0. The van der Waals surface area contributed by atoms with Gasteiger partial charge >= 0.3 is 0 Å². The van der Waals surface area contributed by atoms with E-state index in [1.807, 2.05) is 6.26 Å². The molecule has 0 aliphatic heterocycles. The minimum Gasteiger partial charge on any atom is -0.469 e. The van der Waals surface area contributed by atoms with Crippen LogP contribution in [-0.4, -0.2) is 6.54 Å². The fourth-order valence-corrected chi connectivity index (χ4v) is 3.07. The molecule has 2 nitrogen and oxygen atoms in total. The third-order valence-electron chi connectivity index (χ3n) is 4.40. The number of nitrogens with one attached hydrogen (secondary N) is 1. The highest BCUT2D eigenvalue weighted by Gasteiger charge is 2.26. The molecule has 0 radical (unpaired) electrons. The van der Waals surface area contributed by atoms with E-state index >= 15 is 0 Å². The Bertz CT molecular complexity index is 556. The number of hydrogen-bond donors (Lipinski definition) is 1. The first-order valence-corrected chi connectivity index (χ1v) is 7.52. The first-order valence-electron chi connectivity index (χ1n) is 7.52. The lowest BCUT2D eigenvalue weighted by Crippen LogP contribution is -2.36. The normalized spacial score (nSPS) is 18.8. The van der Waals surface area contributed by atoms with Gasteiger partial charge in [-0.25, -0.2) is 0 Å². The number of benzene rings is 1. The van der Waals surface area contributed by atoms with Gasteiger partial charge in [0.1, 0.15) is 5.76 Å². The van der Waals surface area contributed by atoms with E-state index in [9.17, 15) is 0 Å². The van der Waals surface area contributed by atoms with E-state index in [1.165, 1.54) is 29.7 Å². The number of furan rings is 1. The van der Waals surface area contributed by atoms with Crippen LogP contribution in [0.4, 0.5) is 0 Å². The molecular weight excluding hydrogens is 246 g/mol. The summed E-state index contributed by atoms with van der Waals surface area (Å²) in [6.07, 6.45) is 5.33. The molecule has 0 fully saturated rings. The van der Waals surface area contributed by atoms with Crippen molar-refractivity contribution in [2.75, 3.05) is 6.54 Å². The summed E-state index contributed by atoms with van der Waals surface area (Å²) >= 11 is 0. The molecule has 1 N–H and O–H groups in total. The maximum Gasteiger partial charge on any atom is 0.108 e. The molecule has 1 atom stereocenters. The zero-order valence-electron chi connectivity index (χ0n) is 12.4. The van der Waals surface area contributed by atoms with Crippen molar-refractivity contribution >= 4 is 0 Å². The summed E-state index contributed by atoms with van der Waals surface area (Å²) < 4.78 is 5.56. The SMILES string of the molecule is CC(C)(CNC1CCCc2occc21)c1ccccc1. The Kier molecular flexibility index (Phi) is 3.66. The zero-order valence-corrected chi connectivity index (χ0v) is 12.4. The molecule has 3 rings (SSSR count). The van der Waals surface area contributed by atoms with Crippen molar-refractivity contribution < 1.29 is 4.42 Å². The van der Waals surface area contributed by atoms with E-state index < -0.39 is 0 Å². The van der Waals surface area contributed by atoms with E-state index in [0.29, 0.717) is 6.04 Å². The quantitative estimate of drug-likeness (QED) is 0.898. The van der Waals surface area contributed by atoms with Crippen molar-refractivity contribution in [3.8, 4) is 0 Å². The summed E-state index contributed by atoms with van der Waals surface area (Å²) in [4.78, 5) is 0. The predicted molar refractivity (Wildman–Crippen MR) is 81.9 cm³/mol. The lowest BCUT2D eigenvalue weighted by atomic mass is 9.83. The minimum atomic E-state index is 0.141. The summed E-state index contributed by atoms with van der Waals surface area (Å²) in [5.74, 6) is 1.17. The maximum atomic E-state index is 5.56. The van der Waals surface area contributed by atoms with Crippen LogP contribution >= 0.6 is 0 Å². The largest absolute Gasteiger partial charge is 0.469 e. The Morgan fingerprint density at radius 1 is 1.20 bits per heavy atom. The molecule has 0 bridgehead atoms. The van der Waals surface area contributed by atoms with Crippen LogP contribution in [0.1, 0.15) is 49.6 Å². The Morgan fingerprint density at radius 3 is 2.80 bits per heavy atom. The molecule has 0 spiro atoms. The smallest absolute Gasteiger partial charge is 0.108 e. The Hall–Kier alpha value is -1.54. The van der Waals surface area contributed by atoms with Gasteiger partial charge in [-0.3, -0.25) is 0 Å². The molecule has 1 aliphatic rings. The molecule has 0 amide bonds. The van der Waals surface area contributed by atoms with Crippen LogP contribution < -0.4 is 5.32 Å². The lowest BCUT2D eigenvalue weighted by molar-refractivity contribution is 0.374. The Labute approximate surface area is 121 Å². The molecule has 1 unspecified atom stereocenters. The fourth-order valence-electron chi connectivity index (χ4n) is 3.07. The zero-order chi connectivity index (χ0) is 14.0. The predicted octanol–water partition coefficient (Wildman–Crippen LogP) is 4.22. The van der Waals surface area contributed by atoms with E-state index in [-0.39, 0.29) is 5.41 Å². The molecule has 1 heterocycles. The molecule has 0 saturated heterocycles. The molecule has 2 aromatic rings. The van der Waals surface area contributed by atoms with Crippen molar-refractivity contribution in [1.82, 2.24) is 5.32 Å². The van der Waals surface area contributed by atoms with Crippen LogP contribution in [-0.2, 0) is 11.8 Å². The van der Waals surface area contributed by atoms with Crippen LogP contribution in [0.25, 0.3) is 0 Å². The average Bonchev–Trinajstić information content (AvgIpc) is 2.95. The van der Waals surface area contributed by atoms with Gasteiger partial charge in [0.15, 0.2) is 0 Å². The van der Waals surface area contributed by atoms with Crippen molar-refractivity contribution in [3.05, 3.63) is 59.5 Å². The first kappa shape index (κ1) is 13.4. The summed E-state index contributed by atoms with van der Waals surface area (Å²) in [6.45, 7) is 5.58. The maximum absolute atomic E-state index is 5.56. The van der Waals surface area contributed by atoms with Gasteiger partial charge < -0.3 is 9.73 Å². The van der Waals surface area contributed by atoms with Crippen molar-refractivity contribution in [2.45, 2.75) is 44.6 Å². The van der Waals surface area contributed by atoms with E-state index in [2.05, 4.69) is 55.6 Å². The molecule has 20 heavy (non-hydrogen) atoms. The summed E-state index contributed by atoms with van der Waals surface area (Å²) in [5.41, 5.74) is 2.89. The molecule has 1 aliphatic carbocycles. The van der Waals surface area contributed by atoms with E-state index in [1.54, 1.807) is 0 Å². The number of fused-ring (bicyclic) bond motifs is 1. The topological polar surface area (TPSA) is 25.2 Å². The molecule has 1 aromatic carbocycles. The van der Waals surface area contributed by atoms with Crippen molar-refractivity contribution in [2.24, 2.45) is 0 Å². The molecular formula is C18H23NO. The Morgan fingerprint density at radius 2 is 2.00 bits per heavy atom. The standard InChI is InChI=1S/C18H23NO/c1-18(2,14-7-4-3-5-8-14)13-19-16-9-6-10-17-15(16)11-12-20-17/h3-5,7-8,11-12,16,19H,6,9-10,13H2,1-2H3. The third-order valence-corrected chi connectivity index (χ3v) is 4.40. The van der Waals surface area contributed by atoms with Gasteiger partial charge in [0, 0.05) is 30.0 Å². The van der Waals surface area contributed by atoms with E-state index in [0.717, 1.165) is 13.0 Å². The van der Waals surface area contributed by atoms with Crippen molar-refractivity contribution in [3.63, 3.8) is 0 Å². The van der Waals surface area contributed by atoms with Gasteiger partial charge in [-0.2, -0.15) is 0 Å². The van der Waals surface area contributed by atoms with Gasteiger partial charge in [0.05, 0.1) is 6.26 Å². The molecule has 1 aromatic heterocycles. The second kappa shape index (κ2) is 5.45. The number of aryl methyl sites for hydroxylation is 1. The van der Waals surface area contributed by atoms with Crippen molar-refractivity contribution in [1.29, 1.82) is 0 Å². The number of hydrogen-bond acceptors (Lipinski definition) is 2. The van der Waals surface area contributed by atoms with Crippen LogP contribution in [0, 0.1) is 0 Å². The molecule has 0 saturated carbocycles. The highest BCUT2D eigenvalue weighted by atomic mass is 16.3. The summed E-state index contributed by atoms with van der Waals surface area (Å²) in [5, 5.41) is 3.74. The Balaban J connectivity index is 1.69. The summed E-state index contributed by atoms with van der Waals surface area (Å²) in [6, 6.07) is 13.3. The van der Waals surface area contributed by atoms with Gasteiger partial charge in [-0.05, 0) is 24.5 Å². The van der Waals surface area contributed by atoms with Gasteiger partial charge in [-0.1, -0.05) is 44.2 Å².